The molecule has 0 bridgehead atoms. The van der Waals surface area contributed by atoms with Gasteiger partial charge in [0.1, 0.15) is 12.7 Å². The van der Waals surface area contributed by atoms with Gasteiger partial charge in [-0.25, -0.2) is 0 Å². The molecule has 86 valence electrons. The van der Waals surface area contributed by atoms with Crippen LogP contribution in [0.3, 0.4) is 0 Å². The number of carbonyl (C=O) groups is 3. The standard InChI is InChI=1S/C9H14O6/c1-2-3-8(14-6-11)9(15-7-12)4-13-5-10/h5-9H,2-4H2,1H3. The molecule has 0 aliphatic rings. The fourth-order valence-corrected chi connectivity index (χ4v) is 1.14. The lowest BCUT2D eigenvalue weighted by Crippen LogP contribution is -2.35. The molecule has 0 aromatic rings. The lowest BCUT2D eigenvalue weighted by molar-refractivity contribution is -0.158. The number of rotatable bonds is 10. The Morgan fingerprint density at radius 1 is 1.00 bits per heavy atom. The molecule has 2 atom stereocenters. The van der Waals surface area contributed by atoms with E-state index in [-0.39, 0.29) is 26.0 Å². The largest absolute Gasteiger partial charge is 0.464 e. The van der Waals surface area contributed by atoms with Gasteiger partial charge in [0, 0.05) is 0 Å². The number of hydrogen-bond acceptors (Lipinski definition) is 6. The van der Waals surface area contributed by atoms with Gasteiger partial charge in [0.05, 0.1) is 0 Å². The van der Waals surface area contributed by atoms with Gasteiger partial charge in [-0.2, -0.15) is 0 Å². The summed E-state index contributed by atoms with van der Waals surface area (Å²) in [4.78, 5) is 30.4. The predicted molar refractivity (Wildman–Crippen MR) is 48.8 cm³/mol. The van der Waals surface area contributed by atoms with Gasteiger partial charge in [0.25, 0.3) is 19.4 Å². The summed E-state index contributed by atoms with van der Waals surface area (Å²) in [7, 11) is 0. The van der Waals surface area contributed by atoms with E-state index in [1.807, 2.05) is 6.92 Å². The Hall–Kier alpha value is -1.59. The Morgan fingerprint density at radius 3 is 2.07 bits per heavy atom. The van der Waals surface area contributed by atoms with Gasteiger partial charge >= 0.3 is 0 Å². The molecular weight excluding hydrogens is 204 g/mol. The molecule has 0 amide bonds. The molecule has 0 N–H and O–H groups in total. The molecule has 0 aromatic carbocycles. The fraction of sp³-hybridized carbons (Fsp3) is 0.667. The first kappa shape index (κ1) is 13.4. The van der Waals surface area contributed by atoms with Crippen molar-refractivity contribution in [2.75, 3.05) is 6.61 Å². The predicted octanol–water partition coefficient (Wildman–Crippen LogP) is 0.0427. The van der Waals surface area contributed by atoms with Crippen LogP contribution in [0, 0.1) is 0 Å². The molecule has 0 aromatic heterocycles. The molecule has 2 unspecified atom stereocenters. The van der Waals surface area contributed by atoms with Gasteiger partial charge in [-0.05, 0) is 6.42 Å². The van der Waals surface area contributed by atoms with Crippen LogP contribution >= 0.6 is 0 Å². The fourth-order valence-electron chi connectivity index (χ4n) is 1.14. The van der Waals surface area contributed by atoms with Crippen molar-refractivity contribution in [1.29, 1.82) is 0 Å². The number of carbonyl (C=O) groups excluding carboxylic acids is 3. The van der Waals surface area contributed by atoms with Crippen LogP contribution < -0.4 is 0 Å². The van der Waals surface area contributed by atoms with Gasteiger partial charge in [0.2, 0.25) is 0 Å². The molecule has 0 radical (unpaired) electrons. The van der Waals surface area contributed by atoms with Crippen molar-refractivity contribution in [3.63, 3.8) is 0 Å². The van der Waals surface area contributed by atoms with Crippen molar-refractivity contribution in [1.82, 2.24) is 0 Å². The summed E-state index contributed by atoms with van der Waals surface area (Å²) in [6, 6.07) is 0. The molecule has 6 nitrogen and oxygen atoms in total. The van der Waals surface area contributed by atoms with Crippen molar-refractivity contribution in [3.8, 4) is 0 Å². The normalized spacial score (nSPS) is 13.4. The van der Waals surface area contributed by atoms with Gasteiger partial charge in [-0.1, -0.05) is 13.3 Å². The summed E-state index contributed by atoms with van der Waals surface area (Å²) in [5.41, 5.74) is 0. The van der Waals surface area contributed by atoms with Crippen molar-refractivity contribution in [3.05, 3.63) is 0 Å². The molecule has 0 heterocycles. The lowest BCUT2D eigenvalue weighted by Gasteiger charge is -2.22. The van der Waals surface area contributed by atoms with Crippen LogP contribution in [0.25, 0.3) is 0 Å². The summed E-state index contributed by atoms with van der Waals surface area (Å²) >= 11 is 0. The lowest BCUT2D eigenvalue weighted by atomic mass is 10.1. The quantitative estimate of drug-likeness (QED) is 0.380. The van der Waals surface area contributed by atoms with Crippen molar-refractivity contribution in [2.24, 2.45) is 0 Å². The third-order valence-corrected chi connectivity index (χ3v) is 1.78. The van der Waals surface area contributed by atoms with Crippen molar-refractivity contribution >= 4 is 19.4 Å². The average molecular weight is 218 g/mol. The van der Waals surface area contributed by atoms with E-state index < -0.39 is 12.2 Å². The van der Waals surface area contributed by atoms with E-state index in [2.05, 4.69) is 9.47 Å². The van der Waals surface area contributed by atoms with E-state index in [9.17, 15) is 14.4 Å². The molecule has 0 saturated heterocycles. The van der Waals surface area contributed by atoms with E-state index in [0.29, 0.717) is 6.42 Å². The van der Waals surface area contributed by atoms with Crippen LogP contribution in [-0.2, 0) is 28.6 Å². The zero-order chi connectivity index (χ0) is 11.5. The minimum absolute atomic E-state index is 0.124. The summed E-state index contributed by atoms with van der Waals surface area (Å²) in [5.74, 6) is 0. The highest BCUT2D eigenvalue weighted by atomic mass is 16.6. The number of hydrogen-bond donors (Lipinski definition) is 0. The Morgan fingerprint density at radius 2 is 1.60 bits per heavy atom. The maximum absolute atomic E-state index is 10.2. The SMILES string of the molecule is CCCC(OC=O)C(COC=O)OC=O. The zero-order valence-corrected chi connectivity index (χ0v) is 8.46. The minimum Gasteiger partial charge on any atom is -0.464 e. The van der Waals surface area contributed by atoms with E-state index in [1.165, 1.54) is 0 Å². The van der Waals surface area contributed by atoms with Crippen LogP contribution in [0.15, 0.2) is 0 Å². The van der Waals surface area contributed by atoms with Crippen LogP contribution in [-0.4, -0.2) is 38.2 Å². The van der Waals surface area contributed by atoms with Crippen molar-refractivity contribution in [2.45, 2.75) is 32.0 Å². The Bertz CT molecular complexity index is 193. The second kappa shape index (κ2) is 8.98. The maximum Gasteiger partial charge on any atom is 0.293 e. The molecule has 0 aliphatic heterocycles. The highest BCUT2D eigenvalue weighted by molar-refractivity contribution is 5.40. The first-order chi connectivity index (χ1) is 7.29. The molecule has 0 saturated carbocycles. The third kappa shape index (κ3) is 5.66. The zero-order valence-electron chi connectivity index (χ0n) is 8.46. The molecule has 0 rings (SSSR count). The number of ether oxygens (including phenoxy) is 3. The second-order valence-electron chi connectivity index (χ2n) is 2.76. The van der Waals surface area contributed by atoms with Crippen LogP contribution in [0.4, 0.5) is 0 Å². The molecule has 15 heavy (non-hydrogen) atoms. The first-order valence-corrected chi connectivity index (χ1v) is 4.53. The molecule has 0 aliphatic carbocycles. The smallest absolute Gasteiger partial charge is 0.293 e. The highest BCUT2D eigenvalue weighted by Gasteiger charge is 2.24. The van der Waals surface area contributed by atoms with Crippen LogP contribution in [0.5, 0.6) is 0 Å². The van der Waals surface area contributed by atoms with E-state index in [4.69, 9.17) is 4.74 Å². The Balaban J connectivity index is 4.26. The van der Waals surface area contributed by atoms with Gasteiger partial charge in [-0.15, -0.1) is 0 Å². The summed E-state index contributed by atoms with van der Waals surface area (Å²) < 4.78 is 13.9. The molecule has 6 heteroatoms. The minimum atomic E-state index is -0.752. The molecule has 0 spiro atoms. The first-order valence-electron chi connectivity index (χ1n) is 4.53. The van der Waals surface area contributed by atoms with Gasteiger partial charge in [0.15, 0.2) is 6.10 Å². The maximum atomic E-state index is 10.2. The van der Waals surface area contributed by atoms with Crippen LogP contribution in [0.1, 0.15) is 19.8 Å². The Kier molecular flexibility index (Phi) is 8.03. The summed E-state index contributed by atoms with van der Waals surface area (Å²) in [5, 5.41) is 0. The average Bonchev–Trinajstić information content (AvgIpc) is 2.24. The van der Waals surface area contributed by atoms with E-state index in [1.54, 1.807) is 0 Å². The summed E-state index contributed by atoms with van der Waals surface area (Å²) in [6.07, 6.45) is -0.0619. The van der Waals surface area contributed by atoms with Gasteiger partial charge in [-0.3, -0.25) is 14.4 Å². The Labute approximate surface area is 87.5 Å². The van der Waals surface area contributed by atoms with Crippen LogP contribution in [0.2, 0.25) is 0 Å². The van der Waals surface area contributed by atoms with E-state index >= 15 is 0 Å². The van der Waals surface area contributed by atoms with Gasteiger partial charge < -0.3 is 14.2 Å². The topological polar surface area (TPSA) is 78.9 Å². The third-order valence-electron chi connectivity index (χ3n) is 1.78. The summed E-state index contributed by atoms with van der Waals surface area (Å²) in [6.45, 7) is 2.52. The van der Waals surface area contributed by atoms with E-state index in [0.717, 1.165) is 6.42 Å². The highest BCUT2D eigenvalue weighted by Crippen LogP contribution is 2.10. The second-order valence-corrected chi connectivity index (χ2v) is 2.76. The van der Waals surface area contributed by atoms with Crippen molar-refractivity contribution < 1.29 is 28.6 Å². The molecule has 0 fully saturated rings. The molecular formula is C9H14O6. The monoisotopic (exact) mass is 218 g/mol.